The van der Waals surface area contributed by atoms with Gasteiger partial charge >= 0.3 is 5.97 Å². The molecule has 3 rings (SSSR count). The Morgan fingerprint density at radius 2 is 1.96 bits per heavy atom. The maximum absolute atomic E-state index is 12.9. The molecule has 1 saturated carbocycles. The molecule has 1 N–H and O–H groups in total. The molecule has 0 saturated heterocycles. The van der Waals surface area contributed by atoms with Crippen LogP contribution in [-0.4, -0.2) is 23.5 Å². The number of hydrogen-bond acceptors (Lipinski definition) is 2. The average molecular weight is 315 g/mol. The van der Waals surface area contributed by atoms with Gasteiger partial charge in [0.2, 0.25) is 5.91 Å². The maximum Gasteiger partial charge on any atom is 0.306 e. The van der Waals surface area contributed by atoms with Crippen LogP contribution < -0.4 is 4.90 Å². The first kappa shape index (κ1) is 16.0. The van der Waals surface area contributed by atoms with Crippen LogP contribution in [0.4, 0.5) is 5.69 Å². The summed E-state index contributed by atoms with van der Waals surface area (Å²) in [5.74, 6) is -0.645. The number of fused-ring (bicyclic) bond motifs is 1. The number of nitrogens with zero attached hydrogens (tertiary/aromatic N) is 1. The lowest BCUT2D eigenvalue weighted by molar-refractivity contribution is -0.141. The van der Waals surface area contributed by atoms with Gasteiger partial charge in [-0.25, -0.2) is 0 Å². The van der Waals surface area contributed by atoms with Crippen molar-refractivity contribution in [2.75, 3.05) is 11.4 Å². The quantitative estimate of drug-likeness (QED) is 0.927. The second-order valence-electron chi connectivity index (χ2n) is 7.18. The lowest BCUT2D eigenvalue weighted by Crippen LogP contribution is -2.39. The first-order valence-electron chi connectivity index (χ1n) is 8.64. The Morgan fingerprint density at radius 3 is 2.61 bits per heavy atom. The summed E-state index contributed by atoms with van der Waals surface area (Å²) in [7, 11) is 0. The summed E-state index contributed by atoms with van der Waals surface area (Å²) >= 11 is 0. The largest absolute Gasteiger partial charge is 0.481 e. The molecule has 1 amide bonds. The zero-order valence-electron chi connectivity index (χ0n) is 13.9. The third-order valence-corrected chi connectivity index (χ3v) is 5.29. The highest BCUT2D eigenvalue weighted by atomic mass is 16.4. The number of aryl methyl sites for hydroxylation is 1. The van der Waals surface area contributed by atoms with Crippen LogP contribution >= 0.6 is 0 Å². The minimum atomic E-state index is -0.763. The van der Waals surface area contributed by atoms with E-state index in [1.165, 1.54) is 11.1 Å². The fraction of sp³-hybridized carbons (Fsp3) is 0.579. The molecule has 1 aliphatic carbocycles. The molecule has 4 nitrogen and oxygen atoms in total. The molecule has 1 aromatic carbocycles. The highest BCUT2D eigenvalue weighted by Crippen LogP contribution is 2.36. The van der Waals surface area contributed by atoms with Crippen molar-refractivity contribution in [1.82, 2.24) is 0 Å². The van der Waals surface area contributed by atoms with Crippen molar-refractivity contribution in [2.45, 2.75) is 51.9 Å². The van der Waals surface area contributed by atoms with Crippen LogP contribution in [0.5, 0.6) is 0 Å². The number of rotatable bonds is 3. The fourth-order valence-corrected chi connectivity index (χ4v) is 3.86. The van der Waals surface area contributed by atoms with Crippen molar-refractivity contribution < 1.29 is 14.7 Å². The molecule has 0 aromatic heterocycles. The molecule has 4 heteroatoms. The van der Waals surface area contributed by atoms with Crippen LogP contribution in [0.2, 0.25) is 0 Å². The number of carboxylic acids is 1. The smallest absolute Gasteiger partial charge is 0.306 e. The number of carbonyl (C=O) groups is 2. The summed E-state index contributed by atoms with van der Waals surface area (Å²) in [6.45, 7) is 5.11. The van der Waals surface area contributed by atoms with Gasteiger partial charge in [0.15, 0.2) is 0 Å². The molecule has 23 heavy (non-hydrogen) atoms. The maximum atomic E-state index is 12.9. The van der Waals surface area contributed by atoms with Crippen molar-refractivity contribution in [3.8, 4) is 0 Å². The summed E-state index contributed by atoms with van der Waals surface area (Å²) in [5.41, 5.74) is 3.60. The van der Waals surface area contributed by atoms with E-state index in [1.807, 2.05) is 4.90 Å². The molecule has 0 radical (unpaired) electrons. The molecule has 0 spiro atoms. The van der Waals surface area contributed by atoms with Crippen LogP contribution in [-0.2, 0) is 16.0 Å². The summed E-state index contributed by atoms with van der Waals surface area (Å²) in [6.07, 6.45) is 3.81. The second kappa shape index (κ2) is 6.34. The predicted molar refractivity (Wildman–Crippen MR) is 89.7 cm³/mol. The third kappa shape index (κ3) is 3.12. The number of amides is 1. The number of hydrogen-bond donors (Lipinski definition) is 1. The van der Waals surface area contributed by atoms with E-state index < -0.39 is 5.97 Å². The molecule has 1 aromatic rings. The van der Waals surface area contributed by atoms with Gasteiger partial charge in [0.25, 0.3) is 0 Å². The lowest BCUT2D eigenvalue weighted by atomic mass is 9.93. The van der Waals surface area contributed by atoms with Crippen LogP contribution in [0.25, 0.3) is 0 Å². The van der Waals surface area contributed by atoms with Gasteiger partial charge in [-0.05, 0) is 55.2 Å². The minimum absolute atomic E-state index is 0.118. The summed E-state index contributed by atoms with van der Waals surface area (Å²) in [6, 6.07) is 6.42. The van der Waals surface area contributed by atoms with Gasteiger partial charge in [0.1, 0.15) is 0 Å². The third-order valence-electron chi connectivity index (χ3n) is 5.29. The van der Waals surface area contributed by atoms with Gasteiger partial charge in [-0.3, -0.25) is 9.59 Å². The summed E-state index contributed by atoms with van der Waals surface area (Å²) in [4.78, 5) is 25.9. The predicted octanol–water partition coefficient (Wildman–Crippen LogP) is 3.59. The highest BCUT2D eigenvalue weighted by Gasteiger charge is 2.37. The van der Waals surface area contributed by atoms with Gasteiger partial charge in [-0.2, -0.15) is 0 Å². The minimum Gasteiger partial charge on any atom is -0.481 e. The molecule has 0 unspecified atom stereocenters. The van der Waals surface area contributed by atoms with Gasteiger partial charge in [-0.1, -0.05) is 26.0 Å². The molecule has 1 heterocycles. The Balaban J connectivity index is 1.80. The SMILES string of the molecule is CC(C)c1ccc2c(c1)CCCN2C(=O)[C@@H]1CC[C@H](C(=O)O)C1. The Labute approximate surface area is 137 Å². The van der Waals surface area contributed by atoms with Crippen molar-refractivity contribution in [2.24, 2.45) is 11.8 Å². The number of anilines is 1. The van der Waals surface area contributed by atoms with Crippen molar-refractivity contribution in [3.05, 3.63) is 29.3 Å². The molecular formula is C19H25NO3. The van der Waals surface area contributed by atoms with Crippen LogP contribution in [0.1, 0.15) is 56.6 Å². The number of benzene rings is 1. The zero-order valence-corrected chi connectivity index (χ0v) is 13.9. The van der Waals surface area contributed by atoms with Gasteiger partial charge in [-0.15, -0.1) is 0 Å². The van der Waals surface area contributed by atoms with Crippen LogP contribution in [0.3, 0.4) is 0 Å². The van der Waals surface area contributed by atoms with E-state index in [9.17, 15) is 9.59 Å². The van der Waals surface area contributed by atoms with E-state index in [2.05, 4.69) is 32.0 Å². The first-order chi connectivity index (χ1) is 11.0. The molecule has 1 fully saturated rings. The van der Waals surface area contributed by atoms with E-state index in [4.69, 9.17) is 5.11 Å². The molecule has 0 bridgehead atoms. The summed E-state index contributed by atoms with van der Waals surface area (Å²) < 4.78 is 0. The van der Waals surface area contributed by atoms with E-state index >= 15 is 0 Å². The van der Waals surface area contributed by atoms with E-state index in [1.54, 1.807) is 0 Å². The fourth-order valence-electron chi connectivity index (χ4n) is 3.86. The molecule has 2 aliphatic rings. The van der Waals surface area contributed by atoms with Crippen LogP contribution in [0.15, 0.2) is 18.2 Å². The topological polar surface area (TPSA) is 57.6 Å². The van der Waals surface area contributed by atoms with Crippen molar-refractivity contribution >= 4 is 17.6 Å². The Bertz CT molecular complexity index is 623. The first-order valence-corrected chi connectivity index (χ1v) is 8.64. The number of carboxylic acid groups (broad SMARTS) is 1. The number of carbonyl (C=O) groups excluding carboxylic acids is 1. The summed E-state index contributed by atoms with van der Waals surface area (Å²) in [5, 5.41) is 9.14. The van der Waals surface area contributed by atoms with Gasteiger partial charge < -0.3 is 10.0 Å². The molecular weight excluding hydrogens is 290 g/mol. The van der Waals surface area contributed by atoms with E-state index in [0.717, 1.165) is 25.1 Å². The normalized spacial score (nSPS) is 23.9. The Morgan fingerprint density at radius 1 is 1.22 bits per heavy atom. The lowest BCUT2D eigenvalue weighted by Gasteiger charge is -2.32. The molecule has 1 aliphatic heterocycles. The standard InChI is InChI=1S/C19H25NO3/c1-12(2)13-7-8-17-14(10-13)4-3-9-20(17)18(21)15-5-6-16(11-15)19(22)23/h7-8,10,12,15-16H,3-6,9,11H2,1-2H3,(H,22,23)/t15-,16+/m1/s1. The van der Waals surface area contributed by atoms with Gasteiger partial charge in [0, 0.05) is 18.2 Å². The second-order valence-corrected chi connectivity index (χ2v) is 7.18. The van der Waals surface area contributed by atoms with Crippen LogP contribution in [0, 0.1) is 11.8 Å². The monoisotopic (exact) mass is 315 g/mol. The van der Waals surface area contributed by atoms with E-state index in [0.29, 0.717) is 25.2 Å². The zero-order chi connectivity index (χ0) is 16.6. The number of aliphatic carboxylic acids is 1. The average Bonchev–Trinajstić information content (AvgIpc) is 3.03. The highest BCUT2D eigenvalue weighted by molar-refractivity contribution is 5.96. The van der Waals surface area contributed by atoms with E-state index in [-0.39, 0.29) is 17.7 Å². The Hall–Kier alpha value is -1.84. The molecule has 124 valence electrons. The van der Waals surface area contributed by atoms with Gasteiger partial charge in [0.05, 0.1) is 5.92 Å². The van der Waals surface area contributed by atoms with Crippen molar-refractivity contribution in [3.63, 3.8) is 0 Å². The Kier molecular flexibility index (Phi) is 4.42. The van der Waals surface area contributed by atoms with Crippen molar-refractivity contribution in [1.29, 1.82) is 0 Å². The molecule has 2 atom stereocenters.